The summed E-state index contributed by atoms with van der Waals surface area (Å²) >= 11 is 0. The predicted octanol–water partition coefficient (Wildman–Crippen LogP) is 3.84. The van der Waals surface area contributed by atoms with Gasteiger partial charge in [0.25, 0.3) is 0 Å². The number of halogens is 2. The second-order valence-corrected chi connectivity index (χ2v) is 12.0. The zero-order chi connectivity index (χ0) is 26.9. The van der Waals surface area contributed by atoms with E-state index in [0.717, 1.165) is 11.4 Å². The van der Waals surface area contributed by atoms with Crippen LogP contribution in [0.25, 0.3) is 44.1 Å². The van der Waals surface area contributed by atoms with Crippen LogP contribution in [0.5, 0.6) is 0 Å². The quantitative estimate of drug-likeness (QED) is 0.265. The zero-order valence-corrected chi connectivity index (χ0v) is 28.5. The van der Waals surface area contributed by atoms with Crippen LogP contribution in [-0.2, 0) is 37.0 Å². The van der Waals surface area contributed by atoms with Gasteiger partial charge in [0.05, 0.1) is 0 Å². The van der Waals surface area contributed by atoms with Crippen molar-refractivity contribution in [2.45, 2.75) is 52.4 Å². The molecule has 0 bridgehead atoms. The van der Waals surface area contributed by atoms with Crippen molar-refractivity contribution in [3.05, 3.63) is 121 Å². The van der Waals surface area contributed by atoms with Gasteiger partial charge < -0.3 is 24.8 Å². The summed E-state index contributed by atoms with van der Waals surface area (Å²) in [7, 11) is 0. The molecule has 41 heavy (non-hydrogen) atoms. The smallest absolute Gasteiger partial charge is 1.00 e. The Bertz CT molecular complexity index is 1540. The molecule has 2 aromatic heterocycles. The first kappa shape index (κ1) is 34.6. The molecule has 2 heterocycles. The normalized spacial score (nSPS) is 11.1. The second kappa shape index (κ2) is 14.1. The van der Waals surface area contributed by atoms with Gasteiger partial charge in [-0.1, -0.05) is 101 Å². The minimum Gasteiger partial charge on any atom is -1.00 e. The molecule has 208 valence electrons. The van der Waals surface area contributed by atoms with Crippen molar-refractivity contribution in [2.24, 2.45) is 0 Å². The van der Waals surface area contributed by atoms with Crippen molar-refractivity contribution in [1.29, 1.82) is 0 Å². The zero-order valence-electron chi connectivity index (χ0n) is 24.5. The van der Waals surface area contributed by atoms with E-state index >= 15 is 0 Å². The molecule has 4 aromatic carbocycles. The number of rotatable bonds is 2. The van der Waals surface area contributed by atoms with Crippen LogP contribution in [0.3, 0.4) is 0 Å². The number of aromatic nitrogens is 2. The first-order valence-electron chi connectivity index (χ1n) is 13.3. The van der Waals surface area contributed by atoms with Gasteiger partial charge in [-0.3, -0.25) is 9.97 Å². The molecule has 0 unspecified atom stereocenters. The van der Waals surface area contributed by atoms with E-state index in [1.807, 2.05) is 36.7 Å². The Labute approximate surface area is 276 Å². The van der Waals surface area contributed by atoms with Gasteiger partial charge in [-0.25, -0.2) is 0 Å². The summed E-state index contributed by atoms with van der Waals surface area (Å²) in [5, 5.41) is 5.28. The maximum absolute atomic E-state index is 4.44. The van der Waals surface area contributed by atoms with E-state index in [4.69, 9.17) is 0 Å². The van der Waals surface area contributed by atoms with E-state index in [0.29, 0.717) is 0 Å². The molecule has 6 aromatic rings. The minimum atomic E-state index is 0. The third-order valence-corrected chi connectivity index (χ3v) is 7.04. The van der Waals surface area contributed by atoms with Gasteiger partial charge in [-0.15, -0.1) is 69.1 Å². The first-order valence-corrected chi connectivity index (χ1v) is 13.3. The van der Waals surface area contributed by atoms with Gasteiger partial charge in [0.2, 0.25) is 0 Å². The van der Waals surface area contributed by atoms with Crippen LogP contribution in [-0.4, -0.2) is 9.97 Å². The minimum absolute atomic E-state index is 0. The molecular weight excluding hydrogens is 623 g/mol. The van der Waals surface area contributed by atoms with E-state index in [9.17, 15) is 0 Å². The Balaban J connectivity index is 0.000000267. The summed E-state index contributed by atoms with van der Waals surface area (Å²) in [5.41, 5.74) is 7.60. The van der Waals surface area contributed by atoms with Gasteiger partial charge in [0.1, 0.15) is 0 Å². The number of nitrogens with zero attached hydrogens (tertiary/aromatic N) is 2. The average Bonchev–Trinajstić information content (AvgIpc) is 3.53. The fourth-order valence-corrected chi connectivity index (χ4v) is 5.14. The molecule has 0 atom stereocenters. The fraction of sp³-hybridized carbons (Fsp3) is 0.222. The van der Waals surface area contributed by atoms with Crippen LogP contribution in [0, 0.1) is 0 Å². The Morgan fingerprint density at radius 2 is 0.902 bits per heavy atom. The summed E-state index contributed by atoms with van der Waals surface area (Å²) in [4.78, 5) is 8.87. The van der Waals surface area contributed by atoms with Crippen molar-refractivity contribution in [3.63, 3.8) is 0 Å². The molecule has 0 fully saturated rings. The molecule has 6 rings (SSSR count). The van der Waals surface area contributed by atoms with Gasteiger partial charge in [-0.05, 0) is 23.0 Å². The summed E-state index contributed by atoms with van der Waals surface area (Å²) < 4.78 is 0. The molecule has 0 saturated heterocycles. The molecule has 0 amide bonds. The number of hydrogen-bond acceptors (Lipinski definition) is 2. The van der Waals surface area contributed by atoms with Crippen molar-refractivity contribution in [2.75, 3.05) is 0 Å². The molecule has 0 aliphatic carbocycles. The van der Waals surface area contributed by atoms with Gasteiger partial charge in [-0.2, -0.15) is 0 Å². The number of pyridine rings is 2. The van der Waals surface area contributed by atoms with E-state index in [-0.39, 0.29) is 61.8 Å². The van der Waals surface area contributed by atoms with E-state index in [1.54, 1.807) is 0 Å². The number of benzene rings is 2. The predicted molar refractivity (Wildman–Crippen MR) is 163 cm³/mol. The van der Waals surface area contributed by atoms with E-state index < -0.39 is 0 Å². The molecule has 0 N–H and O–H groups in total. The van der Waals surface area contributed by atoms with Crippen LogP contribution in [0.15, 0.2) is 109 Å². The summed E-state index contributed by atoms with van der Waals surface area (Å²) in [6.07, 6.45) is 3.69. The molecule has 0 spiro atoms. The fourth-order valence-electron chi connectivity index (χ4n) is 5.14. The van der Waals surface area contributed by atoms with Crippen molar-refractivity contribution < 1.29 is 51.0 Å². The van der Waals surface area contributed by atoms with Crippen LogP contribution >= 0.6 is 0 Å². The van der Waals surface area contributed by atoms with Crippen LogP contribution < -0.4 is 24.8 Å². The molecule has 5 heteroatoms. The van der Waals surface area contributed by atoms with Crippen LogP contribution in [0.2, 0.25) is 0 Å². The largest absolute Gasteiger partial charge is 4.00 e. The van der Waals surface area contributed by atoms with Crippen molar-refractivity contribution in [1.82, 2.24) is 9.97 Å². The third kappa shape index (κ3) is 7.83. The van der Waals surface area contributed by atoms with Gasteiger partial charge in [0, 0.05) is 23.8 Å². The van der Waals surface area contributed by atoms with Crippen LogP contribution in [0.4, 0.5) is 0 Å². The number of fused-ring (bicyclic) bond motifs is 2. The summed E-state index contributed by atoms with van der Waals surface area (Å²) in [5.74, 6) is 0. The van der Waals surface area contributed by atoms with E-state index in [1.165, 1.54) is 43.8 Å². The molecule has 0 radical (unpaired) electrons. The first-order chi connectivity index (χ1) is 18.1. The molecule has 0 aliphatic heterocycles. The monoisotopic (exact) mass is 656 g/mol. The SMILES string of the molecule is CC(C)(C)c1cccc2[cH-]c(-c3ccccn3)cc12.CC(C)(C)c1cccc2[cH-]c(-c3ccccn3)cc12.[Cl-].[Cl-].[Zr+4]. The Hall–Kier alpha value is -2.58. The van der Waals surface area contributed by atoms with Crippen molar-refractivity contribution in [3.8, 4) is 22.5 Å². The van der Waals surface area contributed by atoms with Gasteiger partial charge >= 0.3 is 26.2 Å². The Kier molecular flexibility index (Phi) is 11.9. The maximum atomic E-state index is 4.44. The Morgan fingerprint density at radius 3 is 1.22 bits per heavy atom. The van der Waals surface area contributed by atoms with Crippen LogP contribution in [0.1, 0.15) is 52.7 Å². The Morgan fingerprint density at radius 1 is 0.512 bits per heavy atom. The van der Waals surface area contributed by atoms with E-state index in [2.05, 4.69) is 124 Å². The average molecular weight is 659 g/mol. The maximum Gasteiger partial charge on any atom is 4.00 e. The second-order valence-electron chi connectivity index (χ2n) is 12.0. The van der Waals surface area contributed by atoms with Gasteiger partial charge in [0.15, 0.2) is 0 Å². The molecular formula is C36H36Cl2N2Zr. The van der Waals surface area contributed by atoms with Crippen molar-refractivity contribution >= 4 is 21.5 Å². The molecule has 0 saturated carbocycles. The molecule has 0 aliphatic rings. The standard InChI is InChI=1S/2C18H18N.2ClH.Zr/c2*1-18(2,3)16-8-6-7-13-11-14(12-15(13)16)17-9-4-5-10-19-17;;;/h2*4-12H,1-3H3;2*1H;/q2*-1;;;+4/p-2. The molecule has 2 nitrogen and oxygen atoms in total. The number of hydrogen-bond donors (Lipinski definition) is 0. The summed E-state index contributed by atoms with van der Waals surface area (Å²) in [6.45, 7) is 13.6. The third-order valence-electron chi connectivity index (χ3n) is 7.04. The summed E-state index contributed by atoms with van der Waals surface area (Å²) in [6, 6.07) is 34.2. The topological polar surface area (TPSA) is 25.8 Å².